The number of rotatable bonds is 5. The number of carbonyl (C=O) groups is 2. The number of ether oxygens (including phenoxy) is 1. The van der Waals surface area contributed by atoms with Crippen molar-refractivity contribution in [3.05, 3.63) is 62.7 Å². The zero-order valence-corrected chi connectivity index (χ0v) is 16.7. The number of aryl methyl sites for hydroxylation is 1. The highest BCUT2D eigenvalue weighted by Gasteiger charge is 2.17. The molecule has 2 aromatic rings. The number of halogens is 1. The van der Waals surface area contributed by atoms with Crippen molar-refractivity contribution >= 4 is 40.1 Å². The van der Waals surface area contributed by atoms with Crippen molar-refractivity contribution in [1.29, 1.82) is 0 Å². The second-order valence-electron chi connectivity index (χ2n) is 6.34. The van der Waals surface area contributed by atoms with E-state index >= 15 is 0 Å². The van der Waals surface area contributed by atoms with Gasteiger partial charge >= 0.3 is 0 Å². The SMILES string of the molecule is Cc1ccc(C(=O)Nc2cccc(C(=O)NCC3CCCO3)c2)cc1I. The number of nitrogens with one attached hydrogen (secondary N) is 2. The first kappa shape index (κ1) is 18.8. The van der Waals surface area contributed by atoms with E-state index in [4.69, 9.17) is 4.74 Å². The lowest BCUT2D eigenvalue weighted by Gasteiger charge is -2.12. The van der Waals surface area contributed by atoms with Crippen LogP contribution in [0.25, 0.3) is 0 Å². The lowest BCUT2D eigenvalue weighted by Crippen LogP contribution is -2.31. The first-order chi connectivity index (χ1) is 12.5. The van der Waals surface area contributed by atoms with Crippen LogP contribution in [0, 0.1) is 10.5 Å². The normalized spacial score (nSPS) is 16.3. The summed E-state index contributed by atoms with van der Waals surface area (Å²) >= 11 is 2.21. The zero-order chi connectivity index (χ0) is 18.5. The van der Waals surface area contributed by atoms with Crippen molar-refractivity contribution in [3.8, 4) is 0 Å². The van der Waals surface area contributed by atoms with Gasteiger partial charge in [-0.3, -0.25) is 9.59 Å². The minimum atomic E-state index is -0.195. The van der Waals surface area contributed by atoms with Crippen LogP contribution >= 0.6 is 22.6 Å². The van der Waals surface area contributed by atoms with Crippen LogP contribution in [0.1, 0.15) is 39.1 Å². The molecule has 1 saturated heterocycles. The fourth-order valence-electron chi connectivity index (χ4n) is 2.79. The molecular weight excluding hydrogens is 443 g/mol. The molecule has 1 unspecified atom stereocenters. The van der Waals surface area contributed by atoms with Crippen molar-refractivity contribution < 1.29 is 14.3 Å². The van der Waals surface area contributed by atoms with Crippen molar-refractivity contribution in [2.24, 2.45) is 0 Å². The van der Waals surface area contributed by atoms with Crippen molar-refractivity contribution in [2.45, 2.75) is 25.9 Å². The Kier molecular flexibility index (Phi) is 6.26. The highest BCUT2D eigenvalue weighted by Crippen LogP contribution is 2.17. The zero-order valence-electron chi connectivity index (χ0n) is 14.5. The molecule has 1 aliphatic rings. The number of anilines is 1. The predicted molar refractivity (Wildman–Crippen MR) is 110 cm³/mol. The largest absolute Gasteiger partial charge is 0.376 e. The summed E-state index contributed by atoms with van der Waals surface area (Å²) in [6.45, 7) is 3.28. The Labute approximate surface area is 166 Å². The summed E-state index contributed by atoms with van der Waals surface area (Å²) in [6.07, 6.45) is 2.12. The fraction of sp³-hybridized carbons (Fsp3) is 0.300. The predicted octanol–water partition coefficient (Wildman–Crippen LogP) is 3.76. The maximum atomic E-state index is 12.4. The second kappa shape index (κ2) is 8.64. The summed E-state index contributed by atoms with van der Waals surface area (Å²) in [5.41, 5.74) is 2.83. The first-order valence-corrected chi connectivity index (χ1v) is 9.68. The molecule has 6 heteroatoms. The molecule has 0 radical (unpaired) electrons. The molecule has 0 aromatic heterocycles. The van der Waals surface area contributed by atoms with Crippen molar-refractivity contribution in [2.75, 3.05) is 18.5 Å². The summed E-state index contributed by atoms with van der Waals surface area (Å²) in [5, 5.41) is 5.74. The average molecular weight is 464 g/mol. The van der Waals surface area contributed by atoms with Gasteiger partial charge in [0.25, 0.3) is 11.8 Å². The summed E-state index contributed by atoms with van der Waals surface area (Å²) in [7, 11) is 0. The molecule has 5 nitrogen and oxygen atoms in total. The van der Waals surface area contributed by atoms with E-state index in [1.807, 2.05) is 19.1 Å². The number of benzene rings is 2. The molecule has 2 amide bonds. The van der Waals surface area contributed by atoms with Crippen LogP contribution in [0.3, 0.4) is 0 Å². The van der Waals surface area contributed by atoms with Gasteiger partial charge < -0.3 is 15.4 Å². The second-order valence-corrected chi connectivity index (χ2v) is 7.51. The molecule has 136 valence electrons. The summed E-state index contributed by atoms with van der Waals surface area (Å²) in [4.78, 5) is 24.7. The van der Waals surface area contributed by atoms with Gasteiger partial charge in [0.05, 0.1) is 6.10 Å². The number of hydrogen-bond donors (Lipinski definition) is 2. The molecule has 2 N–H and O–H groups in total. The first-order valence-electron chi connectivity index (χ1n) is 8.60. The quantitative estimate of drug-likeness (QED) is 0.663. The number of hydrogen-bond acceptors (Lipinski definition) is 3. The maximum Gasteiger partial charge on any atom is 0.255 e. The van der Waals surface area contributed by atoms with Crippen LogP contribution in [0.15, 0.2) is 42.5 Å². The van der Waals surface area contributed by atoms with Crippen LogP contribution in [-0.2, 0) is 4.74 Å². The van der Waals surface area contributed by atoms with E-state index < -0.39 is 0 Å². The topological polar surface area (TPSA) is 67.4 Å². The molecule has 1 atom stereocenters. The monoisotopic (exact) mass is 464 g/mol. The Morgan fingerprint density at radius 1 is 1.15 bits per heavy atom. The van der Waals surface area contributed by atoms with E-state index in [0.717, 1.165) is 28.6 Å². The molecule has 1 fully saturated rings. The lowest BCUT2D eigenvalue weighted by molar-refractivity contribution is 0.0857. The van der Waals surface area contributed by atoms with E-state index in [1.54, 1.807) is 30.3 Å². The van der Waals surface area contributed by atoms with E-state index in [2.05, 4.69) is 33.2 Å². The van der Waals surface area contributed by atoms with E-state index in [9.17, 15) is 9.59 Å². The lowest BCUT2D eigenvalue weighted by atomic mass is 10.1. The molecular formula is C20H21IN2O3. The molecule has 0 spiro atoms. The van der Waals surface area contributed by atoms with Gasteiger partial charge in [-0.15, -0.1) is 0 Å². The Morgan fingerprint density at radius 3 is 2.69 bits per heavy atom. The molecule has 1 heterocycles. The highest BCUT2D eigenvalue weighted by molar-refractivity contribution is 14.1. The van der Waals surface area contributed by atoms with Crippen LogP contribution < -0.4 is 10.6 Å². The van der Waals surface area contributed by atoms with E-state index in [0.29, 0.717) is 23.4 Å². The van der Waals surface area contributed by atoms with Gasteiger partial charge in [0.2, 0.25) is 0 Å². The van der Waals surface area contributed by atoms with Gasteiger partial charge in [0.1, 0.15) is 0 Å². The number of carbonyl (C=O) groups excluding carboxylic acids is 2. The van der Waals surface area contributed by atoms with Gasteiger partial charge in [-0.2, -0.15) is 0 Å². The van der Waals surface area contributed by atoms with Crippen LogP contribution in [0.5, 0.6) is 0 Å². The Bertz CT molecular complexity index is 816. The van der Waals surface area contributed by atoms with Crippen LogP contribution in [-0.4, -0.2) is 31.1 Å². The molecule has 2 aromatic carbocycles. The Balaban J connectivity index is 1.63. The van der Waals surface area contributed by atoms with Crippen LogP contribution in [0.4, 0.5) is 5.69 Å². The van der Waals surface area contributed by atoms with Gasteiger partial charge in [-0.05, 0) is 78.3 Å². The van der Waals surface area contributed by atoms with Crippen LogP contribution in [0.2, 0.25) is 0 Å². The molecule has 0 aliphatic carbocycles. The van der Waals surface area contributed by atoms with Gasteiger partial charge in [-0.1, -0.05) is 12.1 Å². The summed E-state index contributed by atoms with van der Waals surface area (Å²) < 4.78 is 6.55. The highest BCUT2D eigenvalue weighted by atomic mass is 127. The van der Waals surface area contributed by atoms with Crippen molar-refractivity contribution in [1.82, 2.24) is 5.32 Å². The van der Waals surface area contributed by atoms with Gasteiger partial charge in [0.15, 0.2) is 0 Å². The minimum absolute atomic E-state index is 0.103. The van der Waals surface area contributed by atoms with Gasteiger partial charge in [0, 0.05) is 33.5 Å². The third-order valence-electron chi connectivity index (χ3n) is 4.33. The maximum absolute atomic E-state index is 12.4. The standard InChI is InChI=1S/C20H21IN2O3/c1-13-7-8-15(11-18(13)21)20(25)23-16-5-2-4-14(10-16)19(24)22-12-17-6-3-9-26-17/h2,4-5,7-8,10-11,17H,3,6,9,12H2,1H3,(H,22,24)(H,23,25). The Hall–Kier alpha value is -1.93. The third kappa shape index (κ3) is 4.82. The molecule has 3 rings (SSSR count). The van der Waals surface area contributed by atoms with E-state index in [1.165, 1.54) is 0 Å². The number of amides is 2. The molecule has 1 aliphatic heterocycles. The average Bonchev–Trinajstić information content (AvgIpc) is 3.15. The van der Waals surface area contributed by atoms with Crippen molar-refractivity contribution in [3.63, 3.8) is 0 Å². The van der Waals surface area contributed by atoms with Gasteiger partial charge in [-0.25, -0.2) is 0 Å². The molecule has 0 saturated carbocycles. The molecule has 26 heavy (non-hydrogen) atoms. The fourth-order valence-corrected chi connectivity index (χ4v) is 3.30. The smallest absolute Gasteiger partial charge is 0.255 e. The Morgan fingerprint density at radius 2 is 1.96 bits per heavy atom. The van der Waals surface area contributed by atoms with E-state index in [-0.39, 0.29) is 17.9 Å². The molecule has 0 bridgehead atoms. The summed E-state index contributed by atoms with van der Waals surface area (Å²) in [5.74, 6) is -0.360. The minimum Gasteiger partial charge on any atom is -0.376 e. The summed E-state index contributed by atoms with van der Waals surface area (Å²) in [6, 6.07) is 12.5. The third-order valence-corrected chi connectivity index (χ3v) is 5.49.